The molecule has 2 N–H and O–H groups in total. The molecule has 10 heteroatoms. The van der Waals surface area contributed by atoms with Crippen molar-refractivity contribution >= 4 is 17.6 Å². The summed E-state index contributed by atoms with van der Waals surface area (Å²) in [5, 5.41) is 20.1. The lowest BCUT2D eigenvalue weighted by Gasteiger charge is -2.11. The number of rotatable bonds is 8. The van der Waals surface area contributed by atoms with Crippen LogP contribution >= 0.6 is 0 Å². The zero-order valence-corrected chi connectivity index (χ0v) is 17.2. The molecule has 1 amide bonds. The molecule has 0 bridgehead atoms. The van der Waals surface area contributed by atoms with E-state index in [1.165, 1.54) is 16.9 Å². The average Bonchev–Trinajstić information content (AvgIpc) is 3.27. The SMILES string of the molecule is COc1ccc(Cn2nc(C)c(NC(=O)c3ccn(CC(=O)O)n3)c2C)cc1OC. The molecule has 2 heterocycles. The van der Waals surface area contributed by atoms with Crippen molar-refractivity contribution in [3.63, 3.8) is 0 Å². The average molecular weight is 413 g/mol. The van der Waals surface area contributed by atoms with Gasteiger partial charge in [0.1, 0.15) is 6.54 Å². The maximum Gasteiger partial charge on any atom is 0.325 e. The molecule has 0 spiro atoms. The number of amides is 1. The molecule has 0 aliphatic carbocycles. The first-order valence-corrected chi connectivity index (χ1v) is 9.14. The van der Waals surface area contributed by atoms with Crippen molar-refractivity contribution in [2.24, 2.45) is 0 Å². The minimum atomic E-state index is -1.03. The molecular weight excluding hydrogens is 390 g/mol. The highest BCUT2D eigenvalue weighted by atomic mass is 16.5. The number of anilines is 1. The number of carboxylic acids is 1. The Kier molecular flexibility index (Phi) is 6.05. The van der Waals surface area contributed by atoms with Crippen LogP contribution in [0.4, 0.5) is 5.69 Å². The van der Waals surface area contributed by atoms with Crippen molar-refractivity contribution in [2.45, 2.75) is 26.9 Å². The summed E-state index contributed by atoms with van der Waals surface area (Å²) in [5.74, 6) is -0.198. The van der Waals surface area contributed by atoms with Crippen molar-refractivity contribution in [3.05, 3.63) is 53.1 Å². The monoisotopic (exact) mass is 413 g/mol. The number of aromatic nitrogens is 4. The zero-order chi connectivity index (χ0) is 21.8. The summed E-state index contributed by atoms with van der Waals surface area (Å²) in [6, 6.07) is 7.10. The molecule has 0 atom stereocenters. The van der Waals surface area contributed by atoms with Gasteiger partial charge < -0.3 is 19.9 Å². The van der Waals surface area contributed by atoms with Gasteiger partial charge in [-0.1, -0.05) is 6.07 Å². The van der Waals surface area contributed by atoms with E-state index in [2.05, 4.69) is 15.5 Å². The highest BCUT2D eigenvalue weighted by molar-refractivity contribution is 6.03. The number of methoxy groups -OCH3 is 2. The number of hydrogen-bond acceptors (Lipinski definition) is 6. The fourth-order valence-electron chi connectivity index (χ4n) is 3.07. The molecule has 2 aromatic heterocycles. The van der Waals surface area contributed by atoms with E-state index in [0.717, 1.165) is 11.3 Å². The van der Waals surface area contributed by atoms with Crippen LogP contribution in [0, 0.1) is 13.8 Å². The molecule has 0 saturated heterocycles. The molecule has 0 saturated carbocycles. The lowest BCUT2D eigenvalue weighted by atomic mass is 10.2. The quantitative estimate of drug-likeness (QED) is 0.580. The van der Waals surface area contributed by atoms with Gasteiger partial charge in [0.15, 0.2) is 17.2 Å². The highest BCUT2D eigenvalue weighted by Gasteiger charge is 2.18. The molecule has 30 heavy (non-hydrogen) atoms. The number of nitrogens with zero attached hydrogens (tertiary/aromatic N) is 4. The summed E-state index contributed by atoms with van der Waals surface area (Å²) in [6.45, 7) is 3.83. The maximum atomic E-state index is 12.5. The predicted octanol–water partition coefficient (Wildman–Crippen LogP) is 2.10. The second-order valence-electron chi connectivity index (χ2n) is 6.64. The normalized spacial score (nSPS) is 10.7. The Morgan fingerprint density at radius 3 is 2.50 bits per heavy atom. The molecule has 0 unspecified atom stereocenters. The second-order valence-corrected chi connectivity index (χ2v) is 6.64. The Morgan fingerprint density at radius 1 is 1.10 bits per heavy atom. The van der Waals surface area contributed by atoms with E-state index in [1.807, 2.05) is 25.1 Å². The van der Waals surface area contributed by atoms with Crippen molar-refractivity contribution in [1.82, 2.24) is 19.6 Å². The summed E-state index contributed by atoms with van der Waals surface area (Å²) in [5.41, 5.74) is 3.12. The van der Waals surface area contributed by atoms with Gasteiger partial charge in [0.25, 0.3) is 5.91 Å². The van der Waals surface area contributed by atoms with Crippen LogP contribution in [0.25, 0.3) is 0 Å². The van der Waals surface area contributed by atoms with Crippen LogP contribution in [0.3, 0.4) is 0 Å². The van der Waals surface area contributed by atoms with Crippen molar-refractivity contribution in [1.29, 1.82) is 0 Å². The Bertz CT molecular complexity index is 1090. The Morgan fingerprint density at radius 2 is 1.83 bits per heavy atom. The van der Waals surface area contributed by atoms with Gasteiger partial charge in [0.05, 0.1) is 37.8 Å². The molecule has 3 rings (SSSR count). The molecule has 0 aliphatic heterocycles. The number of carboxylic acid groups (broad SMARTS) is 1. The van der Waals surface area contributed by atoms with Gasteiger partial charge in [-0.2, -0.15) is 10.2 Å². The minimum absolute atomic E-state index is 0.127. The van der Waals surface area contributed by atoms with Gasteiger partial charge in [0, 0.05) is 6.20 Å². The van der Waals surface area contributed by atoms with Gasteiger partial charge >= 0.3 is 5.97 Å². The number of carbonyl (C=O) groups is 2. The zero-order valence-electron chi connectivity index (χ0n) is 17.2. The lowest BCUT2D eigenvalue weighted by Crippen LogP contribution is -2.16. The molecule has 3 aromatic rings. The van der Waals surface area contributed by atoms with Gasteiger partial charge in [-0.05, 0) is 37.6 Å². The predicted molar refractivity (Wildman–Crippen MR) is 108 cm³/mol. The van der Waals surface area contributed by atoms with Gasteiger partial charge in [0.2, 0.25) is 0 Å². The van der Waals surface area contributed by atoms with Gasteiger partial charge in [-0.25, -0.2) is 0 Å². The van der Waals surface area contributed by atoms with Gasteiger partial charge in [-0.3, -0.25) is 19.0 Å². The minimum Gasteiger partial charge on any atom is -0.493 e. The van der Waals surface area contributed by atoms with Crippen LogP contribution in [0.5, 0.6) is 11.5 Å². The van der Waals surface area contributed by atoms with E-state index < -0.39 is 11.9 Å². The summed E-state index contributed by atoms with van der Waals surface area (Å²) in [6.07, 6.45) is 1.45. The Hall–Kier alpha value is -3.82. The third-order valence-electron chi connectivity index (χ3n) is 4.57. The van der Waals surface area contributed by atoms with Crippen LogP contribution in [0.2, 0.25) is 0 Å². The maximum absolute atomic E-state index is 12.5. The number of carbonyl (C=O) groups excluding carboxylic acids is 1. The Labute approximate surface area is 173 Å². The summed E-state index contributed by atoms with van der Waals surface area (Å²) < 4.78 is 13.6. The van der Waals surface area contributed by atoms with Crippen LogP contribution in [0.1, 0.15) is 27.4 Å². The number of ether oxygens (including phenoxy) is 2. The molecule has 10 nitrogen and oxygen atoms in total. The first-order valence-electron chi connectivity index (χ1n) is 9.14. The fourth-order valence-corrected chi connectivity index (χ4v) is 3.07. The van der Waals surface area contributed by atoms with E-state index in [-0.39, 0.29) is 12.2 Å². The molecular formula is C20H23N5O5. The summed E-state index contributed by atoms with van der Waals surface area (Å²) in [7, 11) is 3.16. The van der Waals surface area contributed by atoms with Crippen LogP contribution in [-0.2, 0) is 17.9 Å². The Balaban J connectivity index is 1.78. The number of nitrogens with one attached hydrogen (secondary N) is 1. The van der Waals surface area contributed by atoms with Crippen LogP contribution in [-0.4, -0.2) is 50.8 Å². The standard InChI is InChI=1S/C20H23N5O5/c1-12-19(21-20(28)15-7-8-24(23-15)11-18(26)27)13(2)25(22-12)10-14-5-6-16(29-3)17(9-14)30-4/h5-9H,10-11H2,1-4H3,(H,21,28)(H,26,27). The van der Waals surface area contributed by atoms with Crippen molar-refractivity contribution in [3.8, 4) is 11.5 Å². The second kappa shape index (κ2) is 8.68. The van der Waals surface area contributed by atoms with Crippen LogP contribution < -0.4 is 14.8 Å². The van der Waals surface area contributed by atoms with E-state index >= 15 is 0 Å². The number of benzene rings is 1. The number of hydrogen-bond donors (Lipinski definition) is 2. The smallest absolute Gasteiger partial charge is 0.325 e. The summed E-state index contributed by atoms with van der Waals surface area (Å²) >= 11 is 0. The number of aliphatic carboxylic acids is 1. The topological polar surface area (TPSA) is 121 Å². The van der Waals surface area contributed by atoms with Crippen molar-refractivity contribution < 1.29 is 24.2 Å². The lowest BCUT2D eigenvalue weighted by molar-refractivity contribution is -0.137. The molecule has 0 aliphatic rings. The van der Waals surface area contributed by atoms with Gasteiger partial charge in [-0.15, -0.1) is 0 Å². The van der Waals surface area contributed by atoms with E-state index in [4.69, 9.17) is 14.6 Å². The third kappa shape index (κ3) is 4.43. The first kappa shape index (κ1) is 20.9. The van der Waals surface area contributed by atoms with E-state index in [9.17, 15) is 9.59 Å². The summed E-state index contributed by atoms with van der Waals surface area (Å²) in [4.78, 5) is 23.3. The molecule has 1 aromatic carbocycles. The molecule has 158 valence electrons. The number of aryl methyl sites for hydroxylation is 1. The van der Waals surface area contributed by atoms with E-state index in [1.54, 1.807) is 25.8 Å². The molecule has 0 fully saturated rings. The van der Waals surface area contributed by atoms with Crippen LogP contribution in [0.15, 0.2) is 30.5 Å². The first-order chi connectivity index (χ1) is 14.3. The largest absolute Gasteiger partial charge is 0.493 e. The molecule has 0 radical (unpaired) electrons. The fraction of sp³-hybridized carbons (Fsp3) is 0.300. The van der Waals surface area contributed by atoms with Crippen molar-refractivity contribution in [2.75, 3.05) is 19.5 Å². The highest BCUT2D eigenvalue weighted by Crippen LogP contribution is 2.28. The van der Waals surface area contributed by atoms with E-state index in [0.29, 0.717) is 29.4 Å². The third-order valence-corrected chi connectivity index (χ3v) is 4.57.